The molecule has 0 atom stereocenters. The highest BCUT2D eigenvalue weighted by Gasteiger charge is 2.29. The molecule has 0 saturated heterocycles. The largest absolute Gasteiger partial charge is 0.493 e. The van der Waals surface area contributed by atoms with Gasteiger partial charge in [0.15, 0.2) is 15.8 Å². The SMILES string of the molecule is CCNC(=NCC(C)(C)S(C)(=O)=O)NCCc1ccc2c(c1)CCO2. The molecular weight excluding hydrogens is 338 g/mol. The summed E-state index contributed by atoms with van der Waals surface area (Å²) in [5.74, 6) is 1.64. The summed E-state index contributed by atoms with van der Waals surface area (Å²) in [5.41, 5.74) is 2.53. The Morgan fingerprint density at radius 1 is 1.32 bits per heavy atom. The Morgan fingerprint density at radius 3 is 2.76 bits per heavy atom. The summed E-state index contributed by atoms with van der Waals surface area (Å²) in [6.45, 7) is 7.82. The van der Waals surface area contributed by atoms with Gasteiger partial charge >= 0.3 is 0 Å². The van der Waals surface area contributed by atoms with E-state index in [1.54, 1.807) is 13.8 Å². The summed E-state index contributed by atoms with van der Waals surface area (Å²) in [4.78, 5) is 4.44. The van der Waals surface area contributed by atoms with Crippen LogP contribution in [0.15, 0.2) is 23.2 Å². The minimum Gasteiger partial charge on any atom is -0.493 e. The molecule has 2 rings (SSSR count). The van der Waals surface area contributed by atoms with Gasteiger partial charge in [-0.3, -0.25) is 4.99 Å². The Labute approximate surface area is 151 Å². The van der Waals surface area contributed by atoms with E-state index in [0.29, 0.717) is 5.96 Å². The van der Waals surface area contributed by atoms with Crippen molar-refractivity contribution in [2.75, 3.05) is 32.5 Å². The van der Waals surface area contributed by atoms with Gasteiger partial charge in [-0.1, -0.05) is 12.1 Å². The molecular formula is C18H29N3O3S. The van der Waals surface area contributed by atoms with Crippen LogP contribution < -0.4 is 15.4 Å². The van der Waals surface area contributed by atoms with E-state index in [-0.39, 0.29) is 6.54 Å². The minimum absolute atomic E-state index is 0.220. The van der Waals surface area contributed by atoms with Gasteiger partial charge in [-0.25, -0.2) is 8.42 Å². The average molecular weight is 368 g/mol. The predicted octanol–water partition coefficient (Wildman–Crippen LogP) is 1.54. The van der Waals surface area contributed by atoms with Crippen LogP contribution in [-0.4, -0.2) is 51.6 Å². The Balaban J connectivity index is 1.92. The third-order valence-electron chi connectivity index (χ3n) is 4.43. The van der Waals surface area contributed by atoms with Crippen LogP contribution in [0.25, 0.3) is 0 Å². The molecule has 1 heterocycles. The maximum Gasteiger partial charge on any atom is 0.191 e. The molecule has 0 amide bonds. The highest BCUT2D eigenvalue weighted by molar-refractivity contribution is 7.92. The third-order valence-corrected chi connectivity index (χ3v) is 6.56. The fourth-order valence-corrected chi connectivity index (χ4v) is 2.75. The lowest BCUT2D eigenvalue weighted by atomic mass is 10.1. The number of guanidine groups is 1. The highest BCUT2D eigenvalue weighted by Crippen LogP contribution is 2.25. The van der Waals surface area contributed by atoms with Gasteiger partial charge < -0.3 is 15.4 Å². The Bertz CT molecular complexity index is 727. The molecule has 0 unspecified atom stereocenters. The van der Waals surface area contributed by atoms with Gasteiger partial charge in [0.1, 0.15) is 5.75 Å². The van der Waals surface area contributed by atoms with E-state index >= 15 is 0 Å². The zero-order valence-corrected chi connectivity index (χ0v) is 16.4. The van der Waals surface area contributed by atoms with Crippen molar-refractivity contribution in [3.63, 3.8) is 0 Å². The quantitative estimate of drug-likeness (QED) is 0.564. The maximum absolute atomic E-state index is 11.8. The number of sulfone groups is 1. The van der Waals surface area contributed by atoms with E-state index in [1.165, 1.54) is 17.4 Å². The molecule has 7 heteroatoms. The van der Waals surface area contributed by atoms with Crippen molar-refractivity contribution in [1.82, 2.24) is 10.6 Å². The normalized spacial score (nSPS) is 14.8. The van der Waals surface area contributed by atoms with E-state index in [2.05, 4.69) is 27.8 Å². The Hall–Kier alpha value is -1.76. The highest BCUT2D eigenvalue weighted by atomic mass is 32.2. The third kappa shape index (κ3) is 5.36. The molecule has 0 aromatic heterocycles. The number of hydrogen-bond acceptors (Lipinski definition) is 4. The van der Waals surface area contributed by atoms with Gasteiger partial charge in [-0.05, 0) is 44.4 Å². The number of ether oxygens (including phenoxy) is 1. The van der Waals surface area contributed by atoms with E-state index in [0.717, 1.165) is 38.3 Å². The molecule has 2 N–H and O–H groups in total. The van der Waals surface area contributed by atoms with Crippen LogP contribution >= 0.6 is 0 Å². The van der Waals surface area contributed by atoms with E-state index in [9.17, 15) is 8.42 Å². The summed E-state index contributed by atoms with van der Waals surface area (Å²) >= 11 is 0. The molecule has 1 aliphatic rings. The average Bonchev–Trinajstić information content (AvgIpc) is 2.99. The number of benzene rings is 1. The van der Waals surface area contributed by atoms with Crippen LogP contribution in [0.2, 0.25) is 0 Å². The van der Waals surface area contributed by atoms with Crippen molar-refractivity contribution in [1.29, 1.82) is 0 Å². The summed E-state index contributed by atoms with van der Waals surface area (Å²) in [6.07, 6.45) is 3.09. The molecule has 0 saturated carbocycles. The molecule has 140 valence electrons. The van der Waals surface area contributed by atoms with Crippen LogP contribution in [0, 0.1) is 0 Å². The molecule has 1 aliphatic heterocycles. The zero-order valence-electron chi connectivity index (χ0n) is 15.6. The fraction of sp³-hybridized carbons (Fsp3) is 0.611. The zero-order chi connectivity index (χ0) is 18.5. The molecule has 0 spiro atoms. The van der Waals surface area contributed by atoms with Crippen LogP contribution in [0.1, 0.15) is 31.9 Å². The maximum atomic E-state index is 11.8. The van der Waals surface area contributed by atoms with Crippen molar-refractivity contribution in [3.05, 3.63) is 29.3 Å². The van der Waals surface area contributed by atoms with Gasteiger partial charge in [0, 0.05) is 25.8 Å². The van der Waals surface area contributed by atoms with Gasteiger partial charge in [0.05, 0.1) is 17.9 Å². The number of nitrogens with one attached hydrogen (secondary N) is 2. The lowest BCUT2D eigenvalue weighted by molar-refractivity contribution is 0.357. The lowest BCUT2D eigenvalue weighted by Gasteiger charge is -2.21. The summed E-state index contributed by atoms with van der Waals surface area (Å²) in [5, 5.41) is 6.43. The monoisotopic (exact) mass is 367 g/mol. The first-order valence-corrected chi connectivity index (χ1v) is 10.6. The molecule has 0 radical (unpaired) electrons. The number of rotatable bonds is 7. The summed E-state index contributed by atoms with van der Waals surface area (Å²) < 4.78 is 28.2. The van der Waals surface area contributed by atoms with Crippen LogP contribution in [0.3, 0.4) is 0 Å². The van der Waals surface area contributed by atoms with Crippen molar-refractivity contribution < 1.29 is 13.2 Å². The van der Waals surface area contributed by atoms with Crippen molar-refractivity contribution in [2.45, 2.75) is 38.4 Å². The molecule has 0 bridgehead atoms. The molecule has 1 aromatic rings. The second-order valence-electron chi connectivity index (χ2n) is 6.94. The molecule has 1 aromatic carbocycles. The smallest absolute Gasteiger partial charge is 0.191 e. The van der Waals surface area contributed by atoms with Gasteiger partial charge in [0.25, 0.3) is 0 Å². The van der Waals surface area contributed by atoms with E-state index in [4.69, 9.17) is 4.74 Å². The standard InChI is InChI=1S/C18H29N3O3S/c1-5-19-17(21-13-18(2,3)25(4,22)23)20-10-8-14-6-7-16-15(12-14)9-11-24-16/h6-7,12H,5,8-11,13H2,1-4H3,(H2,19,20,21). The molecule has 6 nitrogen and oxygen atoms in total. The first-order chi connectivity index (χ1) is 11.7. The number of nitrogens with zero attached hydrogens (tertiary/aromatic N) is 1. The predicted molar refractivity (Wildman–Crippen MR) is 102 cm³/mol. The number of aliphatic imine (C=N–C) groups is 1. The van der Waals surface area contributed by atoms with E-state index in [1.807, 2.05) is 13.0 Å². The lowest BCUT2D eigenvalue weighted by Crippen LogP contribution is -2.41. The number of fused-ring (bicyclic) bond motifs is 1. The van der Waals surface area contributed by atoms with Crippen molar-refractivity contribution in [3.8, 4) is 5.75 Å². The minimum atomic E-state index is -3.16. The van der Waals surface area contributed by atoms with Gasteiger partial charge in [-0.15, -0.1) is 0 Å². The van der Waals surface area contributed by atoms with E-state index < -0.39 is 14.6 Å². The summed E-state index contributed by atoms with van der Waals surface area (Å²) in [6, 6.07) is 6.31. The van der Waals surface area contributed by atoms with Crippen LogP contribution in [0.4, 0.5) is 0 Å². The summed E-state index contributed by atoms with van der Waals surface area (Å²) in [7, 11) is -3.16. The second kappa shape index (κ2) is 8.08. The Kier molecular flexibility index (Phi) is 6.32. The van der Waals surface area contributed by atoms with Gasteiger partial charge in [0.2, 0.25) is 0 Å². The molecule has 25 heavy (non-hydrogen) atoms. The van der Waals surface area contributed by atoms with Crippen LogP contribution in [0.5, 0.6) is 5.75 Å². The topological polar surface area (TPSA) is 79.8 Å². The Morgan fingerprint density at radius 2 is 2.08 bits per heavy atom. The molecule has 0 fully saturated rings. The molecule has 0 aliphatic carbocycles. The first-order valence-electron chi connectivity index (χ1n) is 8.69. The first kappa shape index (κ1) is 19.6. The van der Waals surface area contributed by atoms with Gasteiger partial charge in [-0.2, -0.15) is 0 Å². The van der Waals surface area contributed by atoms with Crippen molar-refractivity contribution in [2.24, 2.45) is 4.99 Å². The van der Waals surface area contributed by atoms with Crippen molar-refractivity contribution >= 4 is 15.8 Å². The second-order valence-corrected chi connectivity index (χ2v) is 9.59. The fourth-order valence-electron chi connectivity index (χ4n) is 2.45. The van der Waals surface area contributed by atoms with Crippen LogP contribution in [-0.2, 0) is 22.7 Å². The number of hydrogen-bond donors (Lipinski definition) is 2.